The average Bonchev–Trinajstić information content (AvgIpc) is 2.69. The highest BCUT2D eigenvalue weighted by molar-refractivity contribution is 7.92. The molecule has 0 fully saturated rings. The van der Waals surface area contributed by atoms with Gasteiger partial charge in [0.2, 0.25) is 0 Å². The number of carbonyl (C=O) groups excluding carboxylic acids is 1. The summed E-state index contributed by atoms with van der Waals surface area (Å²) >= 11 is -1.29. The van der Waals surface area contributed by atoms with Gasteiger partial charge in [-0.1, -0.05) is 0 Å². The van der Waals surface area contributed by atoms with Crippen LogP contribution in [0.4, 0.5) is 30.2 Å². The van der Waals surface area contributed by atoms with E-state index in [1.54, 1.807) is 6.92 Å². The zero-order chi connectivity index (χ0) is 22.4. The maximum atomic E-state index is 13.2. The van der Waals surface area contributed by atoms with Crippen molar-refractivity contribution in [2.75, 3.05) is 29.9 Å². The lowest BCUT2D eigenvalue weighted by molar-refractivity contribution is -0.114. The van der Waals surface area contributed by atoms with Gasteiger partial charge in [0.1, 0.15) is 17.2 Å². The van der Waals surface area contributed by atoms with Crippen LogP contribution in [0.15, 0.2) is 41.4 Å². The number of rotatable bonds is 8. The van der Waals surface area contributed by atoms with E-state index in [0.29, 0.717) is 6.54 Å². The second kappa shape index (κ2) is 10.2. The van der Waals surface area contributed by atoms with E-state index in [1.165, 1.54) is 54.0 Å². The normalized spacial score (nSPS) is 12.6. The Morgan fingerprint density at radius 2 is 1.97 bits per heavy atom. The Bertz CT molecular complexity index is 924. The van der Waals surface area contributed by atoms with E-state index in [4.69, 9.17) is 5.73 Å². The molecule has 0 radical (unpaired) electrons. The third-order valence-corrected chi connectivity index (χ3v) is 5.08. The fraction of sp³-hybridized carbons (Fsp3) is 0.263. The molecule has 162 valence electrons. The third kappa shape index (κ3) is 5.57. The van der Waals surface area contributed by atoms with Crippen molar-refractivity contribution < 1.29 is 27.3 Å². The Morgan fingerprint density at radius 3 is 2.47 bits per heavy atom. The number of carbonyl (C=O) groups is 1. The maximum Gasteiger partial charge on any atom is 0.387 e. The molecule has 1 atom stereocenters. The van der Waals surface area contributed by atoms with E-state index in [9.17, 15) is 22.5 Å². The average molecular weight is 443 g/mol. The molecule has 0 saturated carbocycles. The van der Waals surface area contributed by atoms with Crippen LogP contribution in [0.3, 0.4) is 0 Å². The number of benzene rings is 2. The highest BCUT2D eigenvalue weighted by atomic mass is 32.2. The van der Waals surface area contributed by atoms with Gasteiger partial charge in [-0.15, -0.1) is 0 Å². The molecule has 4 N–H and O–H groups in total. The molecule has 7 nitrogen and oxygen atoms in total. The fourth-order valence-corrected chi connectivity index (χ4v) is 3.47. The van der Waals surface area contributed by atoms with Crippen LogP contribution in [-0.4, -0.2) is 42.6 Å². The highest BCUT2D eigenvalue weighted by Crippen LogP contribution is 2.36. The van der Waals surface area contributed by atoms with Crippen molar-refractivity contribution in [1.82, 2.24) is 5.32 Å². The molecule has 0 aliphatic rings. The van der Waals surface area contributed by atoms with Gasteiger partial charge in [0.15, 0.2) is 12.0 Å². The number of nitrogens with two attached hydrogens (primary N) is 1. The highest BCUT2D eigenvalue weighted by Gasteiger charge is 2.28. The van der Waals surface area contributed by atoms with E-state index in [2.05, 4.69) is 15.0 Å². The molecule has 0 aliphatic carbocycles. The van der Waals surface area contributed by atoms with Gasteiger partial charge in [0.25, 0.3) is 17.3 Å². The lowest BCUT2D eigenvalue weighted by Gasteiger charge is -2.21. The minimum absolute atomic E-state index is 0.0445. The minimum Gasteiger partial charge on any atom is -0.432 e. The van der Waals surface area contributed by atoms with Crippen LogP contribution in [0.1, 0.15) is 12.5 Å². The SMILES string of the molecule is CCN(c1cc(N)c(C(=Nc2ccc(F)cc2)C(=O)NC)cc1OC(F)F)[S+](C)O. The van der Waals surface area contributed by atoms with Crippen molar-refractivity contribution in [1.29, 1.82) is 0 Å². The third-order valence-electron chi connectivity index (χ3n) is 3.99. The number of hydrogen-bond donors (Lipinski definition) is 3. The number of amides is 1. The Kier molecular flexibility index (Phi) is 7.95. The second-order valence-electron chi connectivity index (χ2n) is 5.94. The quantitative estimate of drug-likeness (QED) is 0.330. The first-order valence-corrected chi connectivity index (χ1v) is 10.3. The predicted octanol–water partition coefficient (Wildman–Crippen LogP) is 3.34. The van der Waals surface area contributed by atoms with Gasteiger partial charge in [0.05, 0.1) is 12.2 Å². The van der Waals surface area contributed by atoms with Gasteiger partial charge in [-0.2, -0.15) is 17.6 Å². The van der Waals surface area contributed by atoms with Crippen molar-refractivity contribution >= 4 is 40.0 Å². The molecule has 0 heterocycles. The molecule has 0 saturated heterocycles. The molecule has 2 rings (SSSR count). The summed E-state index contributed by atoms with van der Waals surface area (Å²) in [7, 11) is 1.37. The summed E-state index contributed by atoms with van der Waals surface area (Å²) < 4.78 is 55.3. The number of ether oxygens (including phenoxy) is 1. The molecule has 1 unspecified atom stereocenters. The van der Waals surface area contributed by atoms with E-state index >= 15 is 0 Å². The van der Waals surface area contributed by atoms with Crippen LogP contribution < -0.4 is 20.1 Å². The van der Waals surface area contributed by atoms with Crippen molar-refractivity contribution in [2.24, 2.45) is 4.99 Å². The number of alkyl halides is 2. The summed E-state index contributed by atoms with van der Waals surface area (Å²) in [4.78, 5) is 16.6. The van der Waals surface area contributed by atoms with E-state index < -0.39 is 29.7 Å². The second-order valence-corrected chi connectivity index (χ2v) is 7.28. The monoisotopic (exact) mass is 443 g/mol. The lowest BCUT2D eigenvalue weighted by atomic mass is 10.0. The molecule has 0 aromatic heterocycles. The Hall–Kier alpha value is -2.92. The number of nitrogen functional groups attached to an aromatic ring is 1. The summed E-state index contributed by atoms with van der Waals surface area (Å²) in [6, 6.07) is 7.55. The summed E-state index contributed by atoms with van der Waals surface area (Å²) in [5.41, 5.74) is 6.45. The molecule has 0 spiro atoms. The molecule has 11 heteroatoms. The van der Waals surface area contributed by atoms with Crippen molar-refractivity contribution in [3.63, 3.8) is 0 Å². The molecular weight excluding hydrogens is 421 g/mol. The number of anilines is 2. The van der Waals surface area contributed by atoms with Gasteiger partial charge in [0, 0.05) is 18.3 Å². The summed E-state index contributed by atoms with van der Waals surface area (Å²) in [6.45, 7) is -1.13. The number of halogens is 3. The maximum absolute atomic E-state index is 13.2. The first-order chi connectivity index (χ1) is 14.2. The van der Waals surface area contributed by atoms with Crippen LogP contribution >= 0.6 is 0 Å². The van der Waals surface area contributed by atoms with Crippen molar-refractivity contribution in [2.45, 2.75) is 13.5 Å². The molecule has 0 bridgehead atoms. The molecular formula is C19H22F3N4O3S+. The van der Waals surface area contributed by atoms with Gasteiger partial charge in [-0.25, -0.2) is 9.38 Å². The predicted molar refractivity (Wildman–Crippen MR) is 113 cm³/mol. The van der Waals surface area contributed by atoms with E-state index in [1.807, 2.05) is 0 Å². The summed E-state index contributed by atoms with van der Waals surface area (Å²) in [5.74, 6) is -1.39. The number of nitrogens with zero attached hydrogens (tertiary/aromatic N) is 2. The topological polar surface area (TPSA) is 100 Å². The van der Waals surface area contributed by atoms with E-state index in [-0.39, 0.29) is 34.1 Å². The first-order valence-electron chi connectivity index (χ1n) is 8.75. The zero-order valence-electron chi connectivity index (χ0n) is 16.5. The van der Waals surface area contributed by atoms with Crippen molar-refractivity contribution in [3.8, 4) is 5.75 Å². The number of hydrogen-bond acceptors (Lipinski definition) is 6. The van der Waals surface area contributed by atoms with Gasteiger partial charge in [-0.05, 0) is 43.3 Å². The summed E-state index contributed by atoms with van der Waals surface area (Å²) in [5, 5.41) is 2.41. The van der Waals surface area contributed by atoms with Crippen molar-refractivity contribution in [3.05, 3.63) is 47.8 Å². The standard InChI is InChI=1S/C19H21F3N4O3S/c1-4-26(30(3)28)15-10-14(23)13(9-16(15)29-19(21)22)17(18(27)24-2)25-12-7-5-11(20)6-8-12/h5-10,19,28H,4H2,1-3H3,(H2-,23,24,25,27)/p+1. The Balaban J connectivity index is 2.69. The van der Waals surface area contributed by atoms with Crippen LogP contribution in [0, 0.1) is 5.82 Å². The molecule has 1 amide bonds. The Morgan fingerprint density at radius 1 is 1.33 bits per heavy atom. The summed E-state index contributed by atoms with van der Waals surface area (Å²) in [6.07, 6.45) is 1.49. The van der Waals surface area contributed by atoms with Gasteiger partial charge < -0.3 is 15.8 Å². The number of aliphatic imine (C=N–C) groups is 1. The minimum atomic E-state index is -3.14. The first kappa shape index (κ1) is 23.4. The van der Waals surface area contributed by atoms with E-state index in [0.717, 1.165) is 0 Å². The molecule has 2 aromatic rings. The Labute approximate surface area is 175 Å². The molecule has 0 aliphatic heterocycles. The van der Waals surface area contributed by atoms with Crippen LogP contribution in [-0.2, 0) is 16.2 Å². The van der Waals surface area contributed by atoms with Crippen LogP contribution in [0.5, 0.6) is 5.75 Å². The van der Waals surface area contributed by atoms with Gasteiger partial charge >= 0.3 is 6.61 Å². The zero-order valence-corrected chi connectivity index (χ0v) is 17.3. The molecule has 30 heavy (non-hydrogen) atoms. The molecule has 2 aromatic carbocycles. The fourth-order valence-electron chi connectivity index (χ4n) is 2.67. The largest absolute Gasteiger partial charge is 0.432 e. The van der Waals surface area contributed by atoms with Crippen LogP contribution in [0.2, 0.25) is 0 Å². The van der Waals surface area contributed by atoms with Gasteiger partial charge in [-0.3, -0.25) is 4.79 Å². The smallest absolute Gasteiger partial charge is 0.387 e. The van der Waals surface area contributed by atoms with Crippen LogP contribution in [0.25, 0.3) is 0 Å². The number of nitrogens with one attached hydrogen (secondary N) is 1. The lowest BCUT2D eigenvalue weighted by Crippen LogP contribution is -2.31. The number of likely N-dealkylation sites (N-methyl/N-ethyl adjacent to an activating group) is 1.